The van der Waals surface area contributed by atoms with Crippen molar-refractivity contribution in [1.82, 2.24) is 4.98 Å². The van der Waals surface area contributed by atoms with Crippen molar-refractivity contribution in [3.05, 3.63) is 53.9 Å². The average molecular weight is 237 g/mol. The van der Waals surface area contributed by atoms with Gasteiger partial charge >= 0.3 is 6.18 Å². The van der Waals surface area contributed by atoms with Crippen LogP contribution in [0.5, 0.6) is 0 Å². The van der Waals surface area contributed by atoms with E-state index in [-0.39, 0.29) is 0 Å². The minimum Gasteiger partial charge on any atom is -0.265 e. The maximum absolute atomic E-state index is 12.7. The van der Waals surface area contributed by atoms with Crippen molar-refractivity contribution in [3.63, 3.8) is 0 Å². The fraction of sp³-hybridized carbons (Fsp3) is 0.154. The Morgan fingerprint density at radius 1 is 0.941 bits per heavy atom. The van der Waals surface area contributed by atoms with Gasteiger partial charge in [0.25, 0.3) is 0 Å². The maximum atomic E-state index is 12.7. The van der Waals surface area contributed by atoms with Crippen molar-refractivity contribution in [2.45, 2.75) is 13.1 Å². The molecule has 1 aromatic heterocycles. The number of benzene rings is 1. The van der Waals surface area contributed by atoms with Crippen molar-refractivity contribution in [1.29, 1.82) is 0 Å². The molecule has 0 unspecified atom stereocenters. The third-order valence-corrected chi connectivity index (χ3v) is 2.42. The molecule has 0 atom stereocenters. The fourth-order valence-electron chi connectivity index (χ4n) is 1.66. The topological polar surface area (TPSA) is 12.9 Å². The number of alkyl halides is 3. The molecule has 0 N–H and O–H groups in total. The van der Waals surface area contributed by atoms with Crippen molar-refractivity contribution in [3.8, 4) is 11.1 Å². The Labute approximate surface area is 96.9 Å². The van der Waals surface area contributed by atoms with Gasteiger partial charge in [-0.15, -0.1) is 0 Å². The summed E-state index contributed by atoms with van der Waals surface area (Å²) in [6.45, 7) is 1.65. The predicted molar refractivity (Wildman–Crippen MR) is 59.4 cm³/mol. The molecule has 88 valence electrons. The van der Waals surface area contributed by atoms with Gasteiger partial charge in [-0.05, 0) is 47.9 Å². The number of pyridine rings is 1. The summed E-state index contributed by atoms with van der Waals surface area (Å²) in [5, 5.41) is 0. The standard InChI is InChI=1S/C13H10F3N/c1-9-6-11(10-2-4-17-5-3-10)8-12(7-9)13(14,15)16/h2-8H,1H3. The second-order valence-electron chi connectivity index (χ2n) is 3.82. The van der Waals surface area contributed by atoms with E-state index in [9.17, 15) is 13.2 Å². The fourth-order valence-corrected chi connectivity index (χ4v) is 1.66. The Hall–Kier alpha value is -1.84. The molecule has 0 aliphatic rings. The number of hydrogen-bond acceptors (Lipinski definition) is 1. The monoisotopic (exact) mass is 237 g/mol. The third-order valence-electron chi connectivity index (χ3n) is 2.42. The van der Waals surface area contributed by atoms with Crippen molar-refractivity contribution in [2.75, 3.05) is 0 Å². The van der Waals surface area contributed by atoms with E-state index < -0.39 is 11.7 Å². The van der Waals surface area contributed by atoms with Gasteiger partial charge in [-0.1, -0.05) is 6.07 Å². The van der Waals surface area contributed by atoms with Crippen LogP contribution in [0.3, 0.4) is 0 Å². The van der Waals surface area contributed by atoms with Crippen molar-refractivity contribution >= 4 is 0 Å². The zero-order valence-corrected chi connectivity index (χ0v) is 9.12. The molecule has 0 saturated heterocycles. The van der Waals surface area contributed by atoms with Gasteiger partial charge in [0, 0.05) is 12.4 Å². The Balaban J connectivity index is 2.54. The molecule has 0 radical (unpaired) electrons. The number of nitrogens with zero attached hydrogens (tertiary/aromatic N) is 1. The second kappa shape index (κ2) is 4.20. The first kappa shape index (κ1) is 11.6. The lowest BCUT2D eigenvalue weighted by molar-refractivity contribution is -0.137. The van der Waals surface area contributed by atoms with Gasteiger partial charge in [-0.25, -0.2) is 0 Å². The van der Waals surface area contributed by atoms with Crippen LogP contribution in [0.2, 0.25) is 0 Å². The lowest BCUT2D eigenvalue weighted by Gasteiger charge is -2.10. The molecule has 0 bridgehead atoms. The van der Waals surface area contributed by atoms with Crippen LogP contribution in [0.15, 0.2) is 42.7 Å². The van der Waals surface area contributed by atoms with Crippen LogP contribution >= 0.6 is 0 Å². The van der Waals surface area contributed by atoms with Gasteiger partial charge < -0.3 is 0 Å². The highest BCUT2D eigenvalue weighted by atomic mass is 19.4. The van der Waals surface area contributed by atoms with E-state index in [1.54, 1.807) is 37.5 Å². The van der Waals surface area contributed by atoms with Crippen molar-refractivity contribution < 1.29 is 13.2 Å². The minimum atomic E-state index is -4.31. The highest BCUT2D eigenvalue weighted by molar-refractivity contribution is 5.64. The van der Waals surface area contributed by atoms with Crippen LogP contribution < -0.4 is 0 Å². The first-order valence-electron chi connectivity index (χ1n) is 5.06. The summed E-state index contributed by atoms with van der Waals surface area (Å²) in [6, 6.07) is 7.40. The van der Waals surface area contributed by atoms with Crippen LogP contribution in [0.4, 0.5) is 13.2 Å². The summed E-state index contributed by atoms with van der Waals surface area (Å²) >= 11 is 0. The van der Waals surface area contributed by atoms with Crippen molar-refractivity contribution in [2.24, 2.45) is 0 Å². The molecule has 0 aliphatic carbocycles. The molecule has 0 aliphatic heterocycles. The second-order valence-corrected chi connectivity index (χ2v) is 3.82. The third kappa shape index (κ3) is 2.64. The highest BCUT2D eigenvalue weighted by Gasteiger charge is 2.30. The molecule has 0 amide bonds. The van der Waals surface area contributed by atoms with Crippen LogP contribution in [0.25, 0.3) is 11.1 Å². The number of aromatic nitrogens is 1. The van der Waals surface area contributed by atoms with E-state index >= 15 is 0 Å². The molecular weight excluding hydrogens is 227 g/mol. The normalized spacial score (nSPS) is 11.5. The molecule has 17 heavy (non-hydrogen) atoms. The molecule has 2 aromatic rings. The molecule has 1 nitrogen and oxygen atoms in total. The van der Waals surface area contributed by atoms with Crippen LogP contribution in [-0.4, -0.2) is 4.98 Å². The smallest absolute Gasteiger partial charge is 0.265 e. The molecule has 4 heteroatoms. The SMILES string of the molecule is Cc1cc(-c2ccncc2)cc(C(F)(F)F)c1. The summed E-state index contributed by atoms with van der Waals surface area (Å²) in [6.07, 6.45) is -1.19. The van der Waals surface area contributed by atoms with Crippen LogP contribution in [0, 0.1) is 6.92 Å². The number of hydrogen-bond donors (Lipinski definition) is 0. The van der Waals surface area contributed by atoms with Crippen LogP contribution in [-0.2, 0) is 6.18 Å². The largest absolute Gasteiger partial charge is 0.416 e. The van der Waals surface area contributed by atoms with Crippen LogP contribution in [0.1, 0.15) is 11.1 Å². The number of aryl methyl sites for hydroxylation is 1. The van der Waals surface area contributed by atoms with Gasteiger partial charge in [0.1, 0.15) is 0 Å². The van der Waals surface area contributed by atoms with E-state index in [0.29, 0.717) is 11.1 Å². The predicted octanol–water partition coefficient (Wildman–Crippen LogP) is 4.08. The Bertz CT molecular complexity index is 518. The van der Waals surface area contributed by atoms with E-state index in [2.05, 4.69) is 4.98 Å². The Kier molecular flexibility index (Phi) is 2.88. The average Bonchev–Trinajstić information content (AvgIpc) is 2.28. The number of rotatable bonds is 1. The van der Waals surface area contributed by atoms with Gasteiger partial charge in [0.05, 0.1) is 5.56 Å². The lowest BCUT2D eigenvalue weighted by Crippen LogP contribution is -2.05. The molecule has 1 heterocycles. The van der Waals surface area contributed by atoms with Gasteiger partial charge in [0.15, 0.2) is 0 Å². The zero-order valence-electron chi connectivity index (χ0n) is 9.12. The van der Waals surface area contributed by atoms with Gasteiger partial charge in [-0.2, -0.15) is 13.2 Å². The Morgan fingerprint density at radius 3 is 2.18 bits per heavy atom. The lowest BCUT2D eigenvalue weighted by atomic mass is 10.0. The molecule has 0 spiro atoms. The van der Waals surface area contributed by atoms with Gasteiger partial charge in [-0.3, -0.25) is 4.98 Å². The maximum Gasteiger partial charge on any atom is 0.416 e. The van der Waals surface area contributed by atoms with E-state index in [1.165, 1.54) is 0 Å². The van der Waals surface area contributed by atoms with E-state index in [0.717, 1.165) is 17.7 Å². The minimum absolute atomic E-state index is 0.555. The first-order chi connectivity index (χ1) is 7.97. The van der Waals surface area contributed by atoms with E-state index in [4.69, 9.17) is 0 Å². The first-order valence-corrected chi connectivity index (χ1v) is 5.06. The Morgan fingerprint density at radius 2 is 1.59 bits per heavy atom. The molecule has 1 aromatic carbocycles. The zero-order chi connectivity index (χ0) is 12.5. The van der Waals surface area contributed by atoms with Gasteiger partial charge in [0.2, 0.25) is 0 Å². The summed E-state index contributed by atoms with van der Waals surface area (Å²) in [5.41, 5.74) is 1.25. The van der Waals surface area contributed by atoms with E-state index in [1.807, 2.05) is 0 Å². The summed E-state index contributed by atoms with van der Waals surface area (Å²) in [5.74, 6) is 0. The summed E-state index contributed by atoms with van der Waals surface area (Å²) in [4.78, 5) is 3.84. The quantitative estimate of drug-likeness (QED) is 0.728. The summed E-state index contributed by atoms with van der Waals surface area (Å²) in [7, 11) is 0. The molecular formula is C13H10F3N. The molecule has 2 rings (SSSR count). The number of halogens is 3. The highest BCUT2D eigenvalue weighted by Crippen LogP contribution is 2.33. The summed E-state index contributed by atoms with van der Waals surface area (Å²) < 4.78 is 38.0. The molecule has 0 saturated carbocycles. The molecule has 0 fully saturated rings.